The molecule has 0 amide bonds. The van der Waals surface area contributed by atoms with E-state index >= 15 is 0 Å². The summed E-state index contributed by atoms with van der Waals surface area (Å²) in [5.74, 6) is 2.06. The molecule has 4 heteroatoms. The fourth-order valence-electron chi connectivity index (χ4n) is 1.73. The number of ether oxygens (including phenoxy) is 2. The molecule has 2 rings (SSSR count). The number of ketones is 1. The molecule has 0 atom stereocenters. The van der Waals surface area contributed by atoms with E-state index < -0.39 is 0 Å². The molecule has 3 nitrogen and oxygen atoms in total. The molecule has 1 aliphatic heterocycles. The maximum absolute atomic E-state index is 11.8. The molecule has 86 valence electrons. The highest BCUT2D eigenvalue weighted by molar-refractivity contribution is 7.80. The van der Waals surface area contributed by atoms with Gasteiger partial charge in [-0.15, -0.1) is 0 Å². The first-order chi connectivity index (χ1) is 7.72. The minimum atomic E-state index is 0.101. The molecule has 1 heterocycles. The normalized spacial score (nSPS) is 13.6. The van der Waals surface area contributed by atoms with Crippen molar-refractivity contribution in [3.63, 3.8) is 0 Å². The van der Waals surface area contributed by atoms with Crippen molar-refractivity contribution >= 4 is 18.4 Å². The third-order valence-corrected chi connectivity index (χ3v) is 2.75. The lowest BCUT2D eigenvalue weighted by atomic mass is 10.0. The van der Waals surface area contributed by atoms with Crippen LogP contribution in [0.2, 0.25) is 0 Å². The maximum Gasteiger partial charge on any atom is 0.164 e. The largest absolute Gasteiger partial charge is 0.486 e. The van der Waals surface area contributed by atoms with Crippen LogP contribution in [0.25, 0.3) is 0 Å². The van der Waals surface area contributed by atoms with Gasteiger partial charge in [-0.1, -0.05) is 0 Å². The number of carbonyl (C=O) groups is 1. The monoisotopic (exact) mass is 238 g/mol. The van der Waals surface area contributed by atoms with E-state index in [9.17, 15) is 4.79 Å². The van der Waals surface area contributed by atoms with Gasteiger partial charge in [-0.05, 0) is 30.4 Å². The number of benzene rings is 1. The van der Waals surface area contributed by atoms with Crippen molar-refractivity contribution < 1.29 is 14.3 Å². The van der Waals surface area contributed by atoms with E-state index in [0.29, 0.717) is 36.7 Å². The number of fused-ring (bicyclic) bond motifs is 1. The van der Waals surface area contributed by atoms with Crippen LogP contribution in [0.15, 0.2) is 12.1 Å². The Balaban J connectivity index is 2.35. The molecule has 0 aliphatic carbocycles. The van der Waals surface area contributed by atoms with Crippen LogP contribution in [0.3, 0.4) is 0 Å². The Labute approximate surface area is 100 Å². The Kier molecular flexibility index (Phi) is 3.39. The van der Waals surface area contributed by atoms with E-state index in [0.717, 1.165) is 11.3 Å². The lowest BCUT2D eigenvalue weighted by Crippen LogP contribution is -2.16. The molecule has 0 spiro atoms. The topological polar surface area (TPSA) is 35.5 Å². The first-order valence-electron chi connectivity index (χ1n) is 5.26. The molecule has 0 fully saturated rings. The van der Waals surface area contributed by atoms with Gasteiger partial charge in [0.15, 0.2) is 17.3 Å². The Morgan fingerprint density at radius 1 is 1.31 bits per heavy atom. The number of Topliss-reactive ketones (excluding diaryl/α,β-unsaturated/α-hetero) is 1. The van der Waals surface area contributed by atoms with Gasteiger partial charge in [0.05, 0.1) is 0 Å². The Bertz CT molecular complexity index is 415. The van der Waals surface area contributed by atoms with Crippen molar-refractivity contribution in [1.82, 2.24) is 0 Å². The number of rotatable bonds is 3. The summed E-state index contributed by atoms with van der Waals surface area (Å²) in [5.41, 5.74) is 1.63. The number of thiol groups is 1. The summed E-state index contributed by atoms with van der Waals surface area (Å²) < 4.78 is 10.9. The van der Waals surface area contributed by atoms with Crippen molar-refractivity contribution in [2.24, 2.45) is 0 Å². The van der Waals surface area contributed by atoms with E-state index in [1.165, 1.54) is 0 Å². The predicted molar refractivity (Wildman–Crippen MR) is 65.0 cm³/mol. The van der Waals surface area contributed by atoms with Crippen molar-refractivity contribution in [3.8, 4) is 11.5 Å². The lowest BCUT2D eigenvalue weighted by Gasteiger charge is -2.20. The quantitative estimate of drug-likeness (QED) is 0.648. The summed E-state index contributed by atoms with van der Waals surface area (Å²) in [5, 5.41) is 0. The van der Waals surface area contributed by atoms with Gasteiger partial charge in [-0.2, -0.15) is 12.6 Å². The predicted octanol–water partition coefficient (Wildman–Crippen LogP) is 2.27. The van der Waals surface area contributed by atoms with Gasteiger partial charge in [0.2, 0.25) is 0 Å². The summed E-state index contributed by atoms with van der Waals surface area (Å²) >= 11 is 4.07. The molecule has 0 N–H and O–H groups in total. The molecule has 1 aliphatic rings. The first kappa shape index (κ1) is 11.3. The van der Waals surface area contributed by atoms with E-state index in [-0.39, 0.29) is 5.78 Å². The third-order valence-electron chi connectivity index (χ3n) is 2.53. The molecular weight excluding hydrogens is 224 g/mol. The Morgan fingerprint density at radius 2 is 1.94 bits per heavy atom. The summed E-state index contributed by atoms with van der Waals surface area (Å²) in [6, 6.07) is 3.63. The van der Waals surface area contributed by atoms with Crippen LogP contribution >= 0.6 is 12.6 Å². The van der Waals surface area contributed by atoms with Crippen LogP contribution in [-0.4, -0.2) is 24.7 Å². The van der Waals surface area contributed by atoms with Crippen LogP contribution in [0.5, 0.6) is 11.5 Å². The SMILES string of the molecule is Cc1cc2c(cc1C(=O)CCS)OCCO2. The average molecular weight is 238 g/mol. The highest BCUT2D eigenvalue weighted by Crippen LogP contribution is 2.33. The zero-order valence-corrected chi connectivity index (χ0v) is 10.0. The molecule has 0 saturated carbocycles. The van der Waals surface area contributed by atoms with E-state index in [1.807, 2.05) is 13.0 Å². The molecule has 0 aromatic heterocycles. The number of carbonyl (C=O) groups excluding carboxylic acids is 1. The number of hydrogen-bond acceptors (Lipinski definition) is 4. The molecular formula is C12H14O3S. The van der Waals surface area contributed by atoms with Gasteiger partial charge in [0, 0.05) is 12.0 Å². The van der Waals surface area contributed by atoms with E-state index in [1.54, 1.807) is 6.07 Å². The van der Waals surface area contributed by atoms with Gasteiger partial charge in [-0.3, -0.25) is 4.79 Å². The molecule has 0 radical (unpaired) electrons. The van der Waals surface area contributed by atoms with Crippen LogP contribution in [0.4, 0.5) is 0 Å². The average Bonchev–Trinajstić information content (AvgIpc) is 2.28. The van der Waals surface area contributed by atoms with Crippen LogP contribution in [0, 0.1) is 6.92 Å². The minimum Gasteiger partial charge on any atom is -0.486 e. The van der Waals surface area contributed by atoms with E-state index in [4.69, 9.17) is 9.47 Å². The zero-order chi connectivity index (χ0) is 11.5. The van der Waals surface area contributed by atoms with Crippen molar-refractivity contribution in [2.45, 2.75) is 13.3 Å². The van der Waals surface area contributed by atoms with Crippen molar-refractivity contribution in [2.75, 3.05) is 19.0 Å². The van der Waals surface area contributed by atoms with Gasteiger partial charge in [0.1, 0.15) is 13.2 Å². The second-order valence-electron chi connectivity index (χ2n) is 3.71. The molecule has 0 unspecified atom stereocenters. The molecule has 0 saturated heterocycles. The smallest absolute Gasteiger partial charge is 0.164 e. The second-order valence-corrected chi connectivity index (χ2v) is 4.15. The Morgan fingerprint density at radius 3 is 2.56 bits per heavy atom. The molecule has 0 bridgehead atoms. The summed E-state index contributed by atoms with van der Waals surface area (Å²) in [4.78, 5) is 11.8. The lowest BCUT2D eigenvalue weighted by molar-refractivity contribution is 0.0987. The Hall–Kier alpha value is -1.16. The van der Waals surface area contributed by atoms with Crippen molar-refractivity contribution in [1.29, 1.82) is 0 Å². The third kappa shape index (κ3) is 2.16. The van der Waals surface area contributed by atoms with Crippen LogP contribution in [0.1, 0.15) is 22.3 Å². The fraction of sp³-hybridized carbons (Fsp3) is 0.417. The van der Waals surface area contributed by atoms with Gasteiger partial charge in [-0.25, -0.2) is 0 Å². The standard InChI is InChI=1S/C12H14O3S/c1-8-6-11-12(15-4-3-14-11)7-9(8)10(13)2-5-16/h6-7,16H,2-5H2,1H3. The molecule has 1 aromatic rings. The molecule has 16 heavy (non-hydrogen) atoms. The van der Waals surface area contributed by atoms with Crippen LogP contribution < -0.4 is 9.47 Å². The summed E-state index contributed by atoms with van der Waals surface area (Å²) in [6.07, 6.45) is 0.448. The second kappa shape index (κ2) is 4.78. The highest BCUT2D eigenvalue weighted by Gasteiger charge is 2.17. The molecule has 1 aromatic carbocycles. The van der Waals surface area contributed by atoms with Gasteiger partial charge >= 0.3 is 0 Å². The van der Waals surface area contributed by atoms with Crippen LogP contribution in [-0.2, 0) is 0 Å². The number of aryl methyl sites for hydroxylation is 1. The zero-order valence-electron chi connectivity index (χ0n) is 9.16. The fourth-order valence-corrected chi connectivity index (χ4v) is 1.93. The summed E-state index contributed by atoms with van der Waals surface area (Å²) in [7, 11) is 0. The minimum absolute atomic E-state index is 0.101. The van der Waals surface area contributed by atoms with Gasteiger partial charge < -0.3 is 9.47 Å². The van der Waals surface area contributed by atoms with Gasteiger partial charge in [0.25, 0.3) is 0 Å². The number of hydrogen-bond donors (Lipinski definition) is 1. The highest BCUT2D eigenvalue weighted by atomic mass is 32.1. The first-order valence-corrected chi connectivity index (χ1v) is 5.90. The maximum atomic E-state index is 11.8. The summed E-state index contributed by atoms with van der Waals surface area (Å²) in [6.45, 7) is 3.01. The van der Waals surface area contributed by atoms with E-state index in [2.05, 4.69) is 12.6 Å². The van der Waals surface area contributed by atoms with Crippen molar-refractivity contribution in [3.05, 3.63) is 23.3 Å².